The molecule has 5 amide bonds. The molecule has 2 N–H and O–H groups in total. The number of nitrogens with one attached hydrogen (secondary N) is 1. The molecule has 0 bridgehead atoms. The molecule has 38 heavy (non-hydrogen) atoms. The minimum atomic E-state index is -1.34. The van der Waals surface area contributed by atoms with E-state index in [4.69, 9.17) is 9.47 Å². The monoisotopic (exact) mass is 515 g/mol. The second-order valence-electron chi connectivity index (χ2n) is 8.16. The fourth-order valence-electron chi connectivity index (χ4n) is 4.26. The van der Waals surface area contributed by atoms with Crippen LogP contribution in [0.15, 0.2) is 54.6 Å². The molecule has 3 aromatic carbocycles. The van der Waals surface area contributed by atoms with E-state index in [0.29, 0.717) is 10.0 Å². The van der Waals surface area contributed by atoms with E-state index >= 15 is 0 Å². The van der Waals surface area contributed by atoms with Gasteiger partial charge in [-0.05, 0) is 30.3 Å². The number of nitrogens with zero attached hydrogens (tertiary/aromatic N) is 2. The maximum atomic E-state index is 13.2. The van der Waals surface area contributed by atoms with Gasteiger partial charge >= 0.3 is 5.97 Å². The van der Waals surface area contributed by atoms with E-state index in [1.54, 1.807) is 12.1 Å². The highest BCUT2D eigenvalue weighted by atomic mass is 16.5. The number of ether oxygens (including phenoxy) is 2. The molecule has 0 aliphatic carbocycles. The van der Waals surface area contributed by atoms with E-state index < -0.39 is 35.5 Å². The second-order valence-corrected chi connectivity index (χ2v) is 8.16. The number of amides is 5. The van der Waals surface area contributed by atoms with Gasteiger partial charge in [0.05, 0.1) is 47.7 Å². The number of carbonyl (C=O) groups is 6. The summed E-state index contributed by atoms with van der Waals surface area (Å²) in [6.07, 6.45) is 0. The molecule has 5 rings (SSSR count). The standard InChI is InChI=1S/C26H17N3O9/c1-37-19-10-17(26(35)36)18(11-20(19)38-2)27-21(30)12-7-8-15-16(9-12)25(34)29(24(15)33)28-22(31)13-5-3-4-6-14(13)23(28)32/h3-11H,1-2H3,(H,27,30)(H,35,36). The number of rotatable bonds is 6. The number of aromatic carboxylic acids is 1. The van der Waals surface area contributed by atoms with Gasteiger partial charge in [0.1, 0.15) is 0 Å². The van der Waals surface area contributed by atoms with E-state index in [2.05, 4.69) is 5.32 Å². The molecule has 2 aliphatic heterocycles. The van der Waals surface area contributed by atoms with Crippen LogP contribution < -0.4 is 14.8 Å². The number of hydrogen-bond acceptors (Lipinski definition) is 8. The van der Waals surface area contributed by atoms with Gasteiger partial charge in [-0.25, -0.2) is 4.79 Å². The Labute approximate surface area is 213 Å². The number of imide groups is 2. The lowest BCUT2D eigenvalue weighted by atomic mass is 10.0. The van der Waals surface area contributed by atoms with E-state index in [0.717, 1.165) is 6.07 Å². The molecule has 0 saturated heterocycles. The molecule has 0 radical (unpaired) electrons. The maximum Gasteiger partial charge on any atom is 0.337 e. The van der Waals surface area contributed by atoms with Crippen molar-refractivity contribution >= 4 is 41.2 Å². The number of fused-ring (bicyclic) bond motifs is 2. The van der Waals surface area contributed by atoms with Crippen LogP contribution in [-0.4, -0.2) is 64.8 Å². The van der Waals surface area contributed by atoms with Crippen LogP contribution in [-0.2, 0) is 0 Å². The van der Waals surface area contributed by atoms with Crippen LogP contribution in [0.5, 0.6) is 11.5 Å². The second kappa shape index (κ2) is 8.85. The zero-order valence-electron chi connectivity index (χ0n) is 19.8. The summed E-state index contributed by atoms with van der Waals surface area (Å²) in [6, 6.07) is 12.0. The SMILES string of the molecule is COc1cc(NC(=O)c2ccc3c(c2)C(=O)N(N2C(=O)c4ccccc4C2=O)C3=O)c(C(=O)O)cc1OC. The van der Waals surface area contributed by atoms with Gasteiger partial charge in [0.15, 0.2) is 11.5 Å². The summed E-state index contributed by atoms with van der Waals surface area (Å²) in [6.45, 7) is 0. The molecule has 0 spiro atoms. The zero-order chi connectivity index (χ0) is 27.3. The lowest BCUT2D eigenvalue weighted by Gasteiger charge is -2.23. The van der Waals surface area contributed by atoms with Gasteiger partial charge in [-0.2, -0.15) is 10.0 Å². The van der Waals surface area contributed by atoms with Crippen molar-refractivity contribution < 1.29 is 43.3 Å². The number of benzene rings is 3. The summed E-state index contributed by atoms with van der Waals surface area (Å²) >= 11 is 0. The van der Waals surface area contributed by atoms with Gasteiger partial charge in [0.25, 0.3) is 29.5 Å². The third-order valence-electron chi connectivity index (χ3n) is 6.10. The molecule has 0 atom stereocenters. The largest absolute Gasteiger partial charge is 0.493 e. The van der Waals surface area contributed by atoms with Crippen LogP contribution in [0, 0.1) is 0 Å². The third kappa shape index (κ3) is 3.54. The first-order valence-electron chi connectivity index (χ1n) is 11.0. The normalized spacial score (nSPS) is 13.9. The molecule has 0 aromatic heterocycles. The summed E-state index contributed by atoms with van der Waals surface area (Å²) in [5.74, 6) is -5.35. The van der Waals surface area contributed by atoms with Crippen LogP contribution in [0.3, 0.4) is 0 Å². The minimum absolute atomic E-state index is 0.0540. The number of anilines is 1. The Morgan fingerprint density at radius 3 is 1.74 bits per heavy atom. The van der Waals surface area contributed by atoms with Crippen molar-refractivity contribution in [1.82, 2.24) is 10.0 Å². The third-order valence-corrected chi connectivity index (χ3v) is 6.10. The minimum Gasteiger partial charge on any atom is -0.493 e. The summed E-state index contributed by atoms with van der Waals surface area (Å²) in [5, 5.41) is 13.0. The van der Waals surface area contributed by atoms with Crippen molar-refractivity contribution in [3.05, 3.63) is 88.0 Å². The average Bonchev–Trinajstić information content (AvgIpc) is 3.31. The van der Waals surface area contributed by atoms with Crippen molar-refractivity contribution in [1.29, 1.82) is 0 Å². The summed E-state index contributed by atoms with van der Waals surface area (Å²) in [5.41, 5.74) is -0.668. The van der Waals surface area contributed by atoms with E-state index in [1.807, 2.05) is 0 Å². The quantitative estimate of drug-likeness (QED) is 0.470. The zero-order valence-corrected chi connectivity index (χ0v) is 19.8. The van der Waals surface area contributed by atoms with E-state index in [-0.39, 0.29) is 50.6 Å². The molecule has 2 aliphatic rings. The fraction of sp³-hybridized carbons (Fsp3) is 0.0769. The van der Waals surface area contributed by atoms with Gasteiger partial charge in [0.2, 0.25) is 0 Å². The highest BCUT2D eigenvalue weighted by Gasteiger charge is 2.48. The van der Waals surface area contributed by atoms with Crippen molar-refractivity contribution in [3.63, 3.8) is 0 Å². The number of hydrazine groups is 1. The van der Waals surface area contributed by atoms with Gasteiger partial charge in [-0.3, -0.25) is 24.0 Å². The van der Waals surface area contributed by atoms with Gasteiger partial charge < -0.3 is 19.9 Å². The van der Waals surface area contributed by atoms with Crippen molar-refractivity contribution in [2.75, 3.05) is 19.5 Å². The first kappa shape index (κ1) is 24.2. The predicted octanol–water partition coefficient (Wildman–Crippen LogP) is 2.46. The first-order valence-corrected chi connectivity index (χ1v) is 11.0. The molecule has 12 nitrogen and oxygen atoms in total. The predicted molar refractivity (Wildman–Crippen MR) is 128 cm³/mol. The van der Waals surface area contributed by atoms with Crippen molar-refractivity contribution in [2.24, 2.45) is 0 Å². The molecule has 3 aromatic rings. The Kier molecular flexibility index (Phi) is 5.63. The molecular formula is C26H17N3O9. The topological polar surface area (TPSA) is 160 Å². The van der Waals surface area contributed by atoms with Crippen molar-refractivity contribution in [3.8, 4) is 11.5 Å². The lowest BCUT2D eigenvalue weighted by molar-refractivity contribution is 0.00845. The highest BCUT2D eigenvalue weighted by Crippen LogP contribution is 2.34. The van der Waals surface area contributed by atoms with Crippen LogP contribution in [0.25, 0.3) is 0 Å². The Morgan fingerprint density at radius 1 is 0.711 bits per heavy atom. The van der Waals surface area contributed by atoms with Gasteiger partial charge in [-0.1, -0.05) is 12.1 Å². The molecule has 2 heterocycles. The molecule has 0 saturated carbocycles. The summed E-state index contributed by atoms with van der Waals surface area (Å²) in [4.78, 5) is 76.6. The smallest absolute Gasteiger partial charge is 0.337 e. The Bertz CT molecular complexity index is 1580. The maximum absolute atomic E-state index is 13.2. The molecule has 0 fully saturated rings. The molecule has 12 heteroatoms. The summed E-state index contributed by atoms with van der Waals surface area (Å²) < 4.78 is 10.3. The Balaban J connectivity index is 1.46. The van der Waals surface area contributed by atoms with E-state index in [1.165, 1.54) is 50.6 Å². The molecular weight excluding hydrogens is 498 g/mol. The van der Waals surface area contributed by atoms with Crippen LogP contribution >= 0.6 is 0 Å². The molecule has 0 unspecified atom stereocenters. The lowest BCUT2D eigenvalue weighted by Crippen LogP contribution is -2.49. The number of carbonyl (C=O) groups excluding carboxylic acids is 5. The van der Waals surface area contributed by atoms with Gasteiger partial charge in [-0.15, -0.1) is 0 Å². The molecule has 190 valence electrons. The number of carboxylic acids is 1. The number of carboxylic acid groups (broad SMARTS) is 1. The fourth-order valence-corrected chi connectivity index (χ4v) is 4.26. The number of hydrogen-bond donors (Lipinski definition) is 2. The summed E-state index contributed by atoms with van der Waals surface area (Å²) in [7, 11) is 2.67. The number of methoxy groups -OCH3 is 2. The van der Waals surface area contributed by atoms with Crippen molar-refractivity contribution in [2.45, 2.75) is 0 Å². The average molecular weight is 515 g/mol. The van der Waals surface area contributed by atoms with Crippen LogP contribution in [0.2, 0.25) is 0 Å². The van der Waals surface area contributed by atoms with Crippen LogP contribution in [0.4, 0.5) is 5.69 Å². The highest BCUT2D eigenvalue weighted by molar-refractivity contribution is 6.28. The first-order chi connectivity index (χ1) is 18.2. The van der Waals surface area contributed by atoms with Crippen LogP contribution in [0.1, 0.15) is 62.1 Å². The Hall–Kier alpha value is -5.52. The Morgan fingerprint density at radius 2 is 1.21 bits per heavy atom. The van der Waals surface area contributed by atoms with Gasteiger partial charge in [0, 0.05) is 17.7 Å². The van der Waals surface area contributed by atoms with E-state index in [9.17, 15) is 33.9 Å².